The SMILES string of the molecule is c1cc(-c2ccnc(Nc3ccc(N4CN=C(N5CCNCC5)N4)cc3)n2)cc(N2CCOCC2)c1. The molecule has 10 nitrogen and oxygen atoms in total. The van der Waals surface area contributed by atoms with Gasteiger partial charge >= 0.3 is 0 Å². The summed E-state index contributed by atoms with van der Waals surface area (Å²) < 4.78 is 5.49. The number of hydrazine groups is 1. The molecule has 3 N–H and O–H groups in total. The second-order valence-corrected chi connectivity index (χ2v) is 8.99. The molecule has 2 aromatic carbocycles. The van der Waals surface area contributed by atoms with Crippen LogP contribution in [-0.4, -0.2) is 80.0 Å². The first-order chi connectivity index (χ1) is 17.8. The van der Waals surface area contributed by atoms with Gasteiger partial charge in [-0.1, -0.05) is 12.1 Å². The molecule has 0 saturated carbocycles. The standard InChI is InChI=1S/C26H31N9O/c1-2-20(18-23(3-1)33-14-16-36-17-15-33)24-8-9-28-25(31-24)30-21-4-6-22(7-5-21)35-19-29-26(32-35)34-12-10-27-11-13-34/h1-9,18,27H,10-17,19H2,(H,29,32)(H,28,30,31). The van der Waals surface area contributed by atoms with Crippen molar-refractivity contribution in [1.29, 1.82) is 0 Å². The van der Waals surface area contributed by atoms with Gasteiger partial charge in [-0.15, -0.1) is 0 Å². The third-order valence-electron chi connectivity index (χ3n) is 6.62. The molecule has 186 valence electrons. The Balaban J connectivity index is 1.10. The molecule has 0 amide bonds. The molecule has 3 aromatic rings. The van der Waals surface area contributed by atoms with Crippen LogP contribution in [0.25, 0.3) is 11.3 Å². The van der Waals surface area contributed by atoms with Crippen LogP contribution in [0, 0.1) is 0 Å². The zero-order valence-electron chi connectivity index (χ0n) is 20.2. The monoisotopic (exact) mass is 485 g/mol. The number of hydrogen-bond donors (Lipinski definition) is 3. The van der Waals surface area contributed by atoms with Crippen molar-refractivity contribution in [2.75, 3.05) is 74.4 Å². The fourth-order valence-corrected chi connectivity index (χ4v) is 4.64. The average molecular weight is 486 g/mol. The number of hydrogen-bond acceptors (Lipinski definition) is 10. The van der Waals surface area contributed by atoms with Crippen molar-refractivity contribution < 1.29 is 4.74 Å². The molecule has 3 aliphatic heterocycles. The normalized spacial score (nSPS) is 18.1. The van der Waals surface area contributed by atoms with Crippen LogP contribution in [0.15, 0.2) is 65.8 Å². The highest BCUT2D eigenvalue weighted by atomic mass is 16.5. The predicted molar refractivity (Wildman–Crippen MR) is 143 cm³/mol. The molecule has 3 aliphatic rings. The number of anilines is 4. The highest BCUT2D eigenvalue weighted by Crippen LogP contribution is 2.26. The summed E-state index contributed by atoms with van der Waals surface area (Å²) in [7, 11) is 0. The number of aromatic nitrogens is 2. The molecular formula is C26H31N9O. The van der Waals surface area contributed by atoms with Gasteiger partial charge in [0.1, 0.15) is 6.67 Å². The van der Waals surface area contributed by atoms with E-state index in [4.69, 9.17) is 9.72 Å². The van der Waals surface area contributed by atoms with Crippen LogP contribution in [0.4, 0.5) is 23.0 Å². The van der Waals surface area contributed by atoms with Gasteiger partial charge < -0.3 is 25.2 Å². The number of piperazine rings is 1. The van der Waals surface area contributed by atoms with E-state index < -0.39 is 0 Å². The summed E-state index contributed by atoms with van der Waals surface area (Å²) in [4.78, 5) is 18.5. The van der Waals surface area contributed by atoms with Crippen molar-refractivity contribution in [3.63, 3.8) is 0 Å². The Bertz CT molecular complexity index is 1200. The molecule has 2 saturated heterocycles. The number of nitrogens with one attached hydrogen (secondary N) is 3. The highest BCUT2D eigenvalue weighted by Gasteiger charge is 2.22. The first kappa shape index (κ1) is 22.6. The Kier molecular flexibility index (Phi) is 6.51. The van der Waals surface area contributed by atoms with Gasteiger partial charge in [-0.3, -0.25) is 10.4 Å². The lowest BCUT2D eigenvalue weighted by Crippen LogP contribution is -2.52. The largest absolute Gasteiger partial charge is 0.378 e. The zero-order chi connectivity index (χ0) is 24.2. The van der Waals surface area contributed by atoms with Crippen molar-refractivity contribution in [2.24, 2.45) is 4.99 Å². The maximum absolute atomic E-state index is 5.49. The fraction of sp³-hybridized carbons (Fsp3) is 0.346. The van der Waals surface area contributed by atoms with Gasteiger partial charge in [-0.25, -0.2) is 15.0 Å². The topological polar surface area (TPSA) is 93.2 Å². The van der Waals surface area contributed by atoms with Gasteiger partial charge in [-0.2, -0.15) is 0 Å². The summed E-state index contributed by atoms with van der Waals surface area (Å²) >= 11 is 0. The minimum Gasteiger partial charge on any atom is -0.378 e. The number of aliphatic imine (C=N–C) groups is 1. The van der Waals surface area contributed by atoms with Crippen LogP contribution in [0.5, 0.6) is 0 Å². The number of nitrogens with zero attached hydrogens (tertiary/aromatic N) is 6. The minimum atomic E-state index is 0.570. The maximum atomic E-state index is 5.49. The van der Waals surface area contributed by atoms with E-state index in [2.05, 4.69) is 77.2 Å². The van der Waals surface area contributed by atoms with E-state index in [1.807, 2.05) is 18.2 Å². The summed E-state index contributed by atoms with van der Waals surface area (Å²) in [6.07, 6.45) is 1.80. The first-order valence-electron chi connectivity index (χ1n) is 12.5. The van der Waals surface area contributed by atoms with Gasteiger partial charge in [0.05, 0.1) is 24.6 Å². The van der Waals surface area contributed by atoms with E-state index >= 15 is 0 Å². The predicted octanol–water partition coefficient (Wildman–Crippen LogP) is 2.27. The lowest BCUT2D eigenvalue weighted by Gasteiger charge is -2.30. The highest BCUT2D eigenvalue weighted by molar-refractivity contribution is 5.84. The fourth-order valence-electron chi connectivity index (χ4n) is 4.64. The summed E-state index contributed by atoms with van der Waals surface area (Å²) in [5, 5.41) is 8.77. The Labute approximate surface area is 211 Å². The van der Waals surface area contributed by atoms with Crippen LogP contribution in [0.1, 0.15) is 0 Å². The average Bonchev–Trinajstić information content (AvgIpc) is 3.45. The molecule has 0 spiro atoms. The van der Waals surface area contributed by atoms with Crippen molar-refractivity contribution in [1.82, 2.24) is 25.6 Å². The molecule has 6 rings (SSSR count). The first-order valence-corrected chi connectivity index (χ1v) is 12.5. The van der Waals surface area contributed by atoms with Gasteiger partial charge in [0, 0.05) is 62.4 Å². The van der Waals surface area contributed by atoms with Crippen LogP contribution in [-0.2, 0) is 4.74 Å². The van der Waals surface area contributed by atoms with Crippen LogP contribution < -0.4 is 26.0 Å². The van der Waals surface area contributed by atoms with Gasteiger partial charge in [-0.05, 0) is 42.5 Å². The number of morpholine rings is 1. The lowest BCUT2D eigenvalue weighted by molar-refractivity contribution is 0.122. The Hall–Kier alpha value is -3.89. The van der Waals surface area contributed by atoms with E-state index in [1.54, 1.807) is 6.20 Å². The van der Waals surface area contributed by atoms with Crippen molar-refractivity contribution in [3.05, 3.63) is 60.8 Å². The summed E-state index contributed by atoms with van der Waals surface area (Å²) in [5.74, 6) is 1.52. The molecule has 0 unspecified atom stereocenters. The number of guanidine groups is 1. The second kappa shape index (κ2) is 10.4. The minimum absolute atomic E-state index is 0.570. The van der Waals surface area contributed by atoms with Gasteiger partial charge in [0.25, 0.3) is 0 Å². The number of benzene rings is 2. The molecule has 4 heterocycles. The second-order valence-electron chi connectivity index (χ2n) is 8.99. The van der Waals surface area contributed by atoms with Crippen molar-refractivity contribution >= 4 is 29.0 Å². The zero-order valence-corrected chi connectivity index (χ0v) is 20.2. The van der Waals surface area contributed by atoms with Gasteiger partial charge in [0.2, 0.25) is 11.9 Å². The molecule has 2 fully saturated rings. The molecule has 1 aromatic heterocycles. The third kappa shape index (κ3) is 5.05. The molecule has 10 heteroatoms. The van der Waals surface area contributed by atoms with E-state index in [0.29, 0.717) is 12.6 Å². The number of rotatable bonds is 5. The molecule has 0 atom stereocenters. The van der Waals surface area contributed by atoms with E-state index in [0.717, 1.165) is 81.1 Å². The van der Waals surface area contributed by atoms with Crippen molar-refractivity contribution in [2.45, 2.75) is 0 Å². The maximum Gasteiger partial charge on any atom is 0.227 e. The molecular weight excluding hydrogens is 454 g/mol. The Morgan fingerprint density at radius 3 is 2.53 bits per heavy atom. The molecule has 0 aliphatic carbocycles. The molecule has 0 bridgehead atoms. The quantitative estimate of drug-likeness (QED) is 0.503. The van der Waals surface area contributed by atoms with E-state index in [9.17, 15) is 0 Å². The van der Waals surface area contributed by atoms with Crippen LogP contribution >= 0.6 is 0 Å². The number of ether oxygens (including phenoxy) is 1. The smallest absolute Gasteiger partial charge is 0.227 e. The summed E-state index contributed by atoms with van der Waals surface area (Å²) in [6.45, 7) is 7.87. The third-order valence-corrected chi connectivity index (χ3v) is 6.62. The van der Waals surface area contributed by atoms with Crippen LogP contribution in [0.2, 0.25) is 0 Å². The Morgan fingerprint density at radius 1 is 0.861 bits per heavy atom. The molecule has 36 heavy (non-hydrogen) atoms. The molecule has 0 radical (unpaired) electrons. The van der Waals surface area contributed by atoms with E-state index in [-0.39, 0.29) is 0 Å². The summed E-state index contributed by atoms with van der Waals surface area (Å²) in [6, 6.07) is 18.7. The van der Waals surface area contributed by atoms with E-state index in [1.165, 1.54) is 5.69 Å². The summed E-state index contributed by atoms with van der Waals surface area (Å²) in [5.41, 5.74) is 8.57. The van der Waals surface area contributed by atoms with Crippen molar-refractivity contribution in [3.8, 4) is 11.3 Å². The van der Waals surface area contributed by atoms with Crippen LogP contribution in [0.3, 0.4) is 0 Å². The van der Waals surface area contributed by atoms with Gasteiger partial charge in [0.15, 0.2) is 0 Å². The lowest BCUT2D eigenvalue weighted by atomic mass is 10.1. The Morgan fingerprint density at radius 2 is 1.69 bits per heavy atom.